The van der Waals surface area contributed by atoms with Crippen LogP contribution in [0.25, 0.3) is 11.3 Å². The number of carbonyl (C=O) groups excluding carboxylic acids is 3. The quantitative estimate of drug-likeness (QED) is 0.316. The Kier molecular flexibility index (Phi) is 6.04. The molecule has 1 fully saturated rings. The largest absolute Gasteiger partial charge is 0.442 e. The first-order chi connectivity index (χ1) is 16.2. The minimum atomic E-state index is -0.768. The molecular formula is C22H17FN4O7. The van der Waals surface area contributed by atoms with Gasteiger partial charge in [-0.2, -0.15) is 0 Å². The van der Waals surface area contributed by atoms with Gasteiger partial charge in [-0.15, -0.1) is 0 Å². The van der Waals surface area contributed by atoms with Gasteiger partial charge in [0.1, 0.15) is 22.5 Å². The molecule has 1 aliphatic heterocycles. The molecule has 0 saturated carbocycles. The molecule has 3 heterocycles. The van der Waals surface area contributed by atoms with Gasteiger partial charge in [-0.25, -0.2) is 14.2 Å². The van der Waals surface area contributed by atoms with E-state index in [1.54, 1.807) is 0 Å². The van der Waals surface area contributed by atoms with Crippen molar-refractivity contribution in [3.63, 3.8) is 0 Å². The molecule has 4 rings (SSSR count). The SMILES string of the molecule is CC(=O)NC[C@H]1CN(c2ccc(-c3cccc(C(=O)c4ccc([N+](=O)[O-])o4)n3)c(F)c2)C(=O)O1. The summed E-state index contributed by atoms with van der Waals surface area (Å²) in [5.41, 5.74) is 0.385. The number of rotatable bonds is 7. The number of nitrogens with one attached hydrogen (secondary N) is 1. The Bertz CT molecular complexity index is 1310. The summed E-state index contributed by atoms with van der Waals surface area (Å²) >= 11 is 0. The molecule has 0 aliphatic carbocycles. The van der Waals surface area contributed by atoms with E-state index in [4.69, 9.17) is 9.15 Å². The number of hydrogen-bond acceptors (Lipinski definition) is 8. The number of pyridine rings is 1. The van der Waals surface area contributed by atoms with Crippen LogP contribution < -0.4 is 10.2 Å². The van der Waals surface area contributed by atoms with Crippen LogP contribution in [0.3, 0.4) is 0 Å². The van der Waals surface area contributed by atoms with Crippen LogP contribution in [0.5, 0.6) is 0 Å². The number of furan rings is 1. The Hall–Kier alpha value is -4.61. The molecule has 174 valence electrons. The van der Waals surface area contributed by atoms with E-state index in [1.165, 1.54) is 48.2 Å². The molecule has 0 unspecified atom stereocenters. The van der Waals surface area contributed by atoms with Crippen molar-refractivity contribution in [1.29, 1.82) is 0 Å². The average Bonchev–Trinajstić information content (AvgIpc) is 3.44. The zero-order valence-electron chi connectivity index (χ0n) is 17.7. The van der Waals surface area contributed by atoms with Crippen LogP contribution in [0.1, 0.15) is 23.2 Å². The molecule has 2 amide bonds. The van der Waals surface area contributed by atoms with Gasteiger partial charge in [0.05, 0.1) is 30.5 Å². The van der Waals surface area contributed by atoms with Gasteiger partial charge in [-0.1, -0.05) is 6.07 Å². The highest BCUT2D eigenvalue weighted by Crippen LogP contribution is 2.29. The van der Waals surface area contributed by atoms with Crippen LogP contribution >= 0.6 is 0 Å². The lowest BCUT2D eigenvalue weighted by atomic mass is 10.1. The summed E-state index contributed by atoms with van der Waals surface area (Å²) in [6.45, 7) is 1.62. The molecule has 0 radical (unpaired) electrons. The molecule has 1 saturated heterocycles. The fourth-order valence-corrected chi connectivity index (χ4v) is 3.36. The van der Waals surface area contributed by atoms with E-state index >= 15 is 0 Å². The van der Waals surface area contributed by atoms with Gasteiger partial charge < -0.3 is 14.5 Å². The van der Waals surface area contributed by atoms with E-state index in [0.29, 0.717) is 0 Å². The number of nitro groups is 1. The summed E-state index contributed by atoms with van der Waals surface area (Å²) < 4.78 is 25.1. The number of nitrogens with zero attached hydrogens (tertiary/aromatic N) is 3. The zero-order valence-corrected chi connectivity index (χ0v) is 17.7. The highest BCUT2D eigenvalue weighted by atomic mass is 19.1. The second kappa shape index (κ2) is 9.10. The van der Waals surface area contributed by atoms with Gasteiger partial charge in [0, 0.05) is 12.5 Å². The Morgan fingerprint density at radius 2 is 2.06 bits per heavy atom. The van der Waals surface area contributed by atoms with Crippen LogP contribution in [0.15, 0.2) is 52.9 Å². The van der Waals surface area contributed by atoms with Crippen molar-refractivity contribution in [2.75, 3.05) is 18.0 Å². The van der Waals surface area contributed by atoms with E-state index in [0.717, 1.165) is 12.1 Å². The molecule has 1 N–H and O–H groups in total. The number of anilines is 1. The van der Waals surface area contributed by atoms with Crippen molar-refractivity contribution in [3.05, 3.63) is 75.9 Å². The number of hydrogen-bond donors (Lipinski definition) is 1. The van der Waals surface area contributed by atoms with Crippen LogP contribution in [-0.4, -0.2) is 46.9 Å². The normalized spacial score (nSPS) is 15.2. The van der Waals surface area contributed by atoms with Crippen molar-refractivity contribution >= 4 is 29.4 Å². The molecular weight excluding hydrogens is 451 g/mol. The molecule has 12 heteroatoms. The van der Waals surface area contributed by atoms with Gasteiger partial charge in [0.25, 0.3) is 0 Å². The highest BCUT2D eigenvalue weighted by Gasteiger charge is 2.32. The molecule has 0 spiro atoms. The molecule has 1 aliphatic rings. The van der Waals surface area contributed by atoms with Crippen molar-refractivity contribution < 1.29 is 32.9 Å². The van der Waals surface area contributed by atoms with Crippen LogP contribution in [-0.2, 0) is 9.53 Å². The average molecular weight is 468 g/mol. The van der Waals surface area contributed by atoms with Crippen molar-refractivity contribution in [3.8, 4) is 11.3 Å². The summed E-state index contributed by atoms with van der Waals surface area (Å²) in [5.74, 6) is -2.50. The lowest BCUT2D eigenvalue weighted by Gasteiger charge is -2.14. The molecule has 1 atom stereocenters. The van der Waals surface area contributed by atoms with Crippen LogP contribution in [0.2, 0.25) is 0 Å². The summed E-state index contributed by atoms with van der Waals surface area (Å²) in [6, 6.07) is 10.6. The lowest BCUT2D eigenvalue weighted by molar-refractivity contribution is -0.402. The zero-order chi connectivity index (χ0) is 24.4. The minimum Gasteiger partial charge on any atom is -0.442 e. The first-order valence-electron chi connectivity index (χ1n) is 10.0. The fraction of sp³-hybridized carbons (Fsp3) is 0.182. The first-order valence-corrected chi connectivity index (χ1v) is 10.0. The predicted octanol–water partition coefficient (Wildman–Crippen LogP) is 3.08. The first kappa shape index (κ1) is 22.6. The molecule has 11 nitrogen and oxygen atoms in total. The Labute approximate surface area is 191 Å². The second-order valence-corrected chi connectivity index (χ2v) is 7.35. The number of halogens is 1. The number of ether oxygens (including phenoxy) is 1. The van der Waals surface area contributed by atoms with Crippen LogP contribution in [0.4, 0.5) is 20.8 Å². The molecule has 2 aromatic heterocycles. The maximum atomic E-state index is 15.0. The van der Waals surface area contributed by atoms with E-state index in [2.05, 4.69) is 10.3 Å². The monoisotopic (exact) mass is 468 g/mol. The summed E-state index contributed by atoms with van der Waals surface area (Å²) in [7, 11) is 0. The number of aromatic nitrogens is 1. The predicted molar refractivity (Wildman–Crippen MR) is 115 cm³/mol. The van der Waals surface area contributed by atoms with Gasteiger partial charge in [-0.3, -0.25) is 24.6 Å². The number of benzene rings is 1. The maximum Gasteiger partial charge on any atom is 0.433 e. The van der Waals surface area contributed by atoms with E-state index in [-0.39, 0.29) is 47.4 Å². The number of amides is 2. The third-order valence-corrected chi connectivity index (χ3v) is 4.97. The molecule has 34 heavy (non-hydrogen) atoms. The maximum absolute atomic E-state index is 15.0. The van der Waals surface area contributed by atoms with Gasteiger partial charge in [-0.05, 0) is 36.4 Å². The highest BCUT2D eigenvalue weighted by molar-refractivity contribution is 6.06. The van der Waals surface area contributed by atoms with E-state index in [1.807, 2.05) is 0 Å². The van der Waals surface area contributed by atoms with E-state index in [9.17, 15) is 28.9 Å². The lowest BCUT2D eigenvalue weighted by Crippen LogP contribution is -2.33. The summed E-state index contributed by atoms with van der Waals surface area (Å²) in [4.78, 5) is 51.2. The third kappa shape index (κ3) is 4.60. The smallest absolute Gasteiger partial charge is 0.433 e. The second-order valence-electron chi connectivity index (χ2n) is 7.35. The van der Waals surface area contributed by atoms with E-state index < -0.39 is 34.6 Å². The number of ketones is 1. The van der Waals surface area contributed by atoms with Gasteiger partial charge in [0.15, 0.2) is 5.76 Å². The van der Waals surface area contributed by atoms with Crippen molar-refractivity contribution in [2.45, 2.75) is 13.0 Å². The molecule has 0 bridgehead atoms. The number of cyclic esters (lactones) is 1. The molecule has 1 aromatic carbocycles. The topological polar surface area (TPSA) is 145 Å². The van der Waals surface area contributed by atoms with Gasteiger partial charge >= 0.3 is 12.0 Å². The Balaban J connectivity index is 1.54. The fourth-order valence-electron chi connectivity index (χ4n) is 3.36. The van der Waals surface area contributed by atoms with Gasteiger partial charge in [0.2, 0.25) is 11.7 Å². The minimum absolute atomic E-state index is 0.0752. The standard InChI is InChI=1S/C22H17FN4O7/c1-12(28)24-10-14-11-26(22(30)33-14)13-5-6-15(16(23)9-13)17-3-2-4-18(25-17)21(29)19-7-8-20(34-19)27(31)32/h2-9,14H,10-11H2,1H3,(H,24,28)/t14-/m0/s1. The van der Waals surface area contributed by atoms with Crippen molar-refractivity contribution in [2.24, 2.45) is 0 Å². The Morgan fingerprint density at radius 1 is 1.26 bits per heavy atom. The van der Waals surface area contributed by atoms with Crippen LogP contribution in [0, 0.1) is 15.9 Å². The summed E-state index contributed by atoms with van der Waals surface area (Å²) in [6.07, 6.45) is -1.23. The molecule has 3 aromatic rings. The number of carbonyl (C=O) groups is 3. The summed E-state index contributed by atoms with van der Waals surface area (Å²) in [5, 5.41) is 13.3. The third-order valence-electron chi connectivity index (χ3n) is 4.97. The van der Waals surface area contributed by atoms with Crippen molar-refractivity contribution in [1.82, 2.24) is 10.3 Å². The Morgan fingerprint density at radius 3 is 2.74 bits per heavy atom.